The predicted molar refractivity (Wildman–Crippen MR) is 203 cm³/mol. The van der Waals surface area contributed by atoms with Gasteiger partial charge in [-0.15, -0.1) is 11.3 Å². The third-order valence-corrected chi connectivity index (χ3v) is 11.0. The highest BCUT2D eigenvalue weighted by Crippen LogP contribution is 2.47. The molecule has 0 spiro atoms. The van der Waals surface area contributed by atoms with Crippen LogP contribution in [0.4, 0.5) is 0 Å². The second-order valence-corrected chi connectivity index (χ2v) is 13.3. The van der Waals surface area contributed by atoms with Crippen LogP contribution in [0.25, 0.3) is 86.3 Å². The van der Waals surface area contributed by atoms with Gasteiger partial charge in [-0.1, -0.05) is 97.1 Å². The van der Waals surface area contributed by atoms with Gasteiger partial charge < -0.3 is 9.13 Å². The number of hydrogen-bond acceptors (Lipinski definition) is 3. The van der Waals surface area contributed by atoms with Gasteiger partial charge in [0.15, 0.2) is 0 Å². The molecule has 49 heavy (non-hydrogen) atoms. The molecule has 3 heterocycles. The van der Waals surface area contributed by atoms with E-state index in [1.54, 1.807) is 0 Å². The monoisotopic (exact) mass is 640 g/mol. The fourth-order valence-corrected chi connectivity index (χ4v) is 9.10. The normalized spacial score (nSPS) is 11.6. The number of hydrogen-bond donors (Lipinski definition) is 0. The molecule has 226 valence electrons. The van der Waals surface area contributed by atoms with Crippen molar-refractivity contribution in [3.63, 3.8) is 0 Å². The van der Waals surface area contributed by atoms with E-state index < -0.39 is 0 Å². The number of nitriles is 2. The summed E-state index contributed by atoms with van der Waals surface area (Å²) in [6, 6.07) is 55.2. The second kappa shape index (κ2) is 10.4. The van der Waals surface area contributed by atoms with Gasteiger partial charge in [0.05, 0.1) is 49.7 Å². The Morgan fingerprint density at radius 3 is 1.88 bits per heavy atom. The Morgan fingerprint density at radius 2 is 1.08 bits per heavy atom. The third-order valence-electron chi connectivity index (χ3n) is 9.79. The highest BCUT2D eigenvalue weighted by molar-refractivity contribution is 7.27. The summed E-state index contributed by atoms with van der Waals surface area (Å²) in [6.45, 7) is 0. The van der Waals surface area contributed by atoms with Gasteiger partial charge in [-0.2, -0.15) is 10.5 Å². The molecule has 4 nitrogen and oxygen atoms in total. The Hall–Kier alpha value is -6.66. The number of thiophene rings is 1. The van der Waals surface area contributed by atoms with Gasteiger partial charge in [-0.3, -0.25) is 0 Å². The molecule has 3 aromatic heterocycles. The molecule has 0 atom stereocenters. The molecule has 0 saturated carbocycles. The zero-order chi connectivity index (χ0) is 32.6. The average molecular weight is 641 g/mol. The Bertz CT molecular complexity index is 3070. The van der Waals surface area contributed by atoms with Gasteiger partial charge in [0.25, 0.3) is 0 Å². The van der Waals surface area contributed by atoms with Crippen LogP contribution in [-0.2, 0) is 0 Å². The molecule has 0 aliphatic carbocycles. The Kier molecular flexibility index (Phi) is 5.84. The van der Waals surface area contributed by atoms with Gasteiger partial charge in [-0.25, -0.2) is 0 Å². The summed E-state index contributed by atoms with van der Waals surface area (Å²) >= 11 is 1.82. The van der Waals surface area contributed by atoms with Crippen LogP contribution in [-0.4, -0.2) is 9.13 Å². The lowest BCUT2D eigenvalue weighted by molar-refractivity contribution is 1.17. The number of nitrogens with zero attached hydrogens (tertiary/aromatic N) is 4. The van der Waals surface area contributed by atoms with Crippen LogP contribution < -0.4 is 0 Å². The fraction of sp³-hybridized carbons (Fsp3) is 0. The van der Waals surface area contributed by atoms with E-state index in [-0.39, 0.29) is 0 Å². The van der Waals surface area contributed by atoms with Crippen LogP contribution in [0.1, 0.15) is 11.1 Å². The van der Waals surface area contributed by atoms with Crippen LogP contribution >= 0.6 is 11.3 Å². The first-order valence-corrected chi connectivity index (χ1v) is 17.0. The van der Waals surface area contributed by atoms with E-state index in [2.05, 4.69) is 124 Å². The summed E-state index contributed by atoms with van der Waals surface area (Å²) in [5, 5.41) is 27.2. The second-order valence-electron chi connectivity index (χ2n) is 12.3. The largest absolute Gasteiger partial charge is 0.308 e. The molecular weight excluding hydrogens is 617 g/mol. The molecule has 10 rings (SSSR count). The molecule has 0 bridgehead atoms. The van der Waals surface area contributed by atoms with E-state index in [1.807, 2.05) is 53.8 Å². The van der Waals surface area contributed by atoms with Crippen molar-refractivity contribution < 1.29 is 0 Å². The minimum Gasteiger partial charge on any atom is -0.308 e. The number of para-hydroxylation sites is 4. The lowest BCUT2D eigenvalue weighted by Gasteiger charge is -2.16. The maximum atomic E-state index is 10.6. The average Bonchev–Trinajstić information content (AvgIpc) is 3.82. The van der Waals surface area contributed by atoms with E-state index in [9.17, 15) is 10.5 Å². The number of fused-ring (bicyclic) bond motifs is 10. The quantitative estimate of drug-likeness (QED) is 0.193. The summed E-state index contributed by atoms with van der Waals surface area (Å²) in [7, 11) is 0. The van der Waals surface area contributed by atoms with Crippen molar-refractivity contribution in [3.8, 4) is 34.6 Å². The molecule has 5 heteroatoms. The van der Waals surface area contributed by atoms with Crippen LogP contribution in [0.3, 0.4) is 0 Å². The first kappa shape index (κ1) is 27.5. The Labute approximate surface area is 285 Å². The van der Waals surface area contributed by atoms with Gasteiger partial charge in [0.1, 0.15) is 6.07 Å². The maximum absolute atomic E-state index is 10.6. The van der Waals surface area contributed by atoms with Crippen molar-refractivity contribution in [2.45, 2.75) is 0 Å². The van der Waals surface area contributed by atoms with E-state index in [0.29, 0.717) is 11.1 Å². The van der Waals surface area contributed by atoms with Crippen molar-refractivity contribution in [2.75, 3.05) is 0 Å². The Balaban J connectivity index is 1.32. The third kappa shape index (κ3) is 3.82. The highest BCUT2D eigenvalue weighted by atomic mass is 32.1. The molecule has 0 fully saturated rings. The molecule has 0 N–H and O–H groups in total. The zero-order valence-corrected chi connectivity index (χ0v) is 26.9. The lowest BCUT2D eigenvalue weighted by Crippen LogP contribution is -2.01. The molecule has 7 aromatic carbocycles. The molecule has 0 unspecified atom stereocenters. The van der Waals surface area contributed by atoms with E-state index >= 15 is 0 Å². The summed E-state index contributed by atoms with van der Waals surface area (Å²) in [6.07, 6.45) is 0. The predicted octanol–water partition coefficient (Wildman–Crippen LogP) is 11.7. The lowest BCUT2D eigenvalue weighted by atomic mass is 9.98. The van der Waals surface area contributed by atoms with Crippen molar-refractivity contribution in [3.05, 3.63) is 157 Å². The molecule has 0 radical (unpaired) electrons. The maximum Gasteiger partial charge on any atom is 0.101 e. The van der Waals surface area contributed by atoms with Crippen molar-refractivity contribution in [1.29, 1.82) is 10.5 Å². The summed E-state index contributed by atoms with van der Waals surface area (Å²) in [4.78, 5) is 0. The first-order valence-electron chi connectivity index (χ1n) is 16.1. The topological polar surface area (TPSA) is 57.4 Å². The van der Waals surface area contributed by atoms with E-state index in [1.165, 1.54) is 42.0 Å². The molecule has 0 amide bonds. The van der Waals surface area contributed by atoms with Crippen LogP contribution in [0, 0.1) is 22.7 Å². The van der Waals surface area contributed by atoms with Gasteiger partial charge in [-0.05, 0) is 48.5 Å². The van der Waals surface area contributed by atoms with Gasteiger partial charge in [0, 0.05) is 53.8 Å². The highest BCUT2D eigenvalue weighted by Gasteiger charge is 2.23. The summed E-state index contributed by atoms with van der Waals surface area (Å²) < 4.78 is 7.02. The summed E-state index contributed by atoms with van der Waals surface area (Å²) in [5.41, 5.74) is 9.60. The minimum atomic E-state index is 0.592. The summed E-state index contributed by atoms with van der Waals surface area (Å²) in [5.74, 6) is 0. The molecule has 0 aliphatic heterocycles. The van der Waals surface area contributed by atoms with Gasteiger partial charge in [0.2, 0.25) is 0 Å². The molecular formula is C44H24N4S. The van der Waals surface area contributed by atoms with Crippen molar-refractivity contribution in [1.82, 2.24) is 9.13 Å². The molecule has 10 aromatic rings. The fourth-order valence-electron chi connectivity index (χ4n) is 7.74. The van der Waals surface area contributed by atoms with Crippen LogP contribution in [0.2, 0.25) is 0 Å². The van der Waals surface area contributed by atoms with Crippen LogP contribution in [0.15, 0.2) is 146 Å². The van der Waals surface area contributed by atoms with E-state index in [0.717, 1.165) is 44.3 Å². The van der Waals surface area contributed by atoms with E-state index in [4.69, 9.17) is 0 Å². The SMILES string of the molecule is N#Cc1ccc2c(c1)c1ccccc1n2-c1c(C#N)cccc1-c1cccc2c1sc1c2ccc2c3ccccc3n(-c3ccccc3)c21. The van der Waals surface area contributed by atoms with Crippen LogP contribution in [0.5, 0.6) is 0 Å². The molecule has 0 saturated heterocycles. The number of aromatic nitrogens is 2. The molecule has 0 aliphatic rings. The standard InChI is InChI=1S/C44H24N4S/c45-25-27-20-23-40-37(24-27)31-14-5-7-19-39(31)48(40)41-28(26-46)10-8-15-32(41)34-16-9-17-35-36-22-21-33-30-13-4-6-18-38(30)47(29-11-2-1-3-12-29)42(33)44(36)49-43(34)35/h1-24H. The smallest absolute Gasteiger partial charge is 0.101 e. The number of rotatable bonds is 3. The first-order chi connectivity index (χ1) is 24.2. The Morgan fingerprint density at radius 1 is 0.449 bits per heavy atom. The minimum absolute atomic E-state index is 0.592. The van der Waals surface area contributed by atoms with Gasteiger partial charge >= 0.3 is 0 Å². The van der Waals surface area contributed by atoms with Crippen molar-refractivity contribution in [2.24, 2.45) is 0 Å². The zero-order valence-electron chi connectivity index (χ0n) is 26.1. The number of benzene rings is 7. The van der Waals surface area contributed by atoms with Crippen molar-refractivity contribution >= 4 is 75.1 Å².